The van der Waals surface area contributed by atoms with E-state index in [9.17, 15) is 0 Å². The standard InChI is InChI=1S/C17H25NO2S/c1-16(18,13-3-5-15(19-2)6-4-13)14-7-9-20-17(11-14)8-10-21-12-17/h3-6,14H,7-12,18H2,1-2H3. The van der Waals surface area contributed by atoms with Crippen molar-refractivity contribution in [2.45, 2.75) is 37.3 Å². The molecule has 2 heterocycles. The monoisotopic (exact) mass is 307 g/mol. The molecule has 3 nitrogen and oxygen atoms in total. The number of rotatable bonds is 3. The van der Waals surface area contributed by atoms with E-state index in [1.54, 1.807) is 7.11 Å². The minimum Gasteiger partial charge on any atom is -0.497 e. The summed E-state index contributed by atoms with van der Waals surface area (Å²) in [5, 5.41) is 0. The summed E-state index contributed by atoms with van der Waals surface area (Å²) in [4.78, 5) is 0. The van der Waals surface area contributed by atoms with E-state index in [4.69, 9.17) is 15.2 Å². The quantitative estimate of drug-likeness (QED) is 0.931. The Morgan fingerprint density at radius 3 is 2.76 bits per heavy atom. The normalized spacial score (nSPS) is 32.0. The van der Waals surface area contributed by atoms with Crippen LogP contribution in [0.1, 0.15) is 31.7 Å². The van der Waals surface area contributed by atoms with Crippen molar-refractivity contribution in [3.8, 4) is 5.75 Å². The predicted molar refractivity (Wildman–Crippen MR) is 87.9 cm³/mol. The van der Waals surface area contributed by atoms with Crippen LogP contribution in [0.25, 0.3) is 0 Å². The lowest BCUT2D eigenvalue weighted by atomic mass is 9.72. The lowest BCUT2D eigenvalue weighted by Crippen LogP contribution is -2.50. The SMILES string of the molecule is COc1ccc(C(C)(N)C2CCOC3(CCSC3)C2)cc1. The lowest BCUT2D eigenvalue weighted by Gasteiger charge is -2.44. The maximum Gasteiger partial charge on any atom is 0.118 e. The topological polar surface area (TPSA) is 44.5 Å². The Hall–Kier alpha value is -0.710. The van der Waals surface area contributed by atoms with Crippen molar-refractivity contribution in [3.05, 3.63) is 29.8 Å². The second-order valence-electron chi connectivity index (χ2n) is 6.53. The van der Waals surface area contributed by atoms with Gasteiger partial charge in [-0.05, 0) is 55.6 Å². The molecule has 1 aromatic rings. The molecule has 0 radical (unpaired) electrons. The Labute approximate surface area is 131 Å². The second kappa shape index (κ2) is 5.82. The summed E-state index contributed by atoms with van der Waals surface area (Å²) in [7, 11) is 1.69. The van der Waals surface area contributed by atoms with Gasteiger partial charge in [-0.2, -0.15) is 11.8 Å². The molecule has 0 bridgehead atoms. The fourth-order valence-corrected chi connectivity index (χ4v) is 4.97. The van der Waals surface area contributed by atoms with Crippen LogP contribution in [-0.4, -0.2) is 30.8 Å². The highest BCUT2D eigenvalue weighted by Crippen LogP contribution is 2.45. The molecule has 2 fully saturated rings. The molecule has 0 aromatic heterocycles. The van der Waals surface area contributed by atoms with Crippen LogP contribution >= 0.6 is 11.8 Å². The molecular formula is C17H25NO2S. The average molecular weight is 307 g/mol. The molecule has 4 heteroatoms. The van der Waals surface area contributed by atoms with Gasteiger partial charge >= 0.3 is 0 Å². The zero-order chi connectivity index (χ0) is 14.9. The molecule has 0 saturated carbocycles. The zero-order valence-electron chi connectivity index (χ0n) is 12.9. The zero-order valence-corrected chi connectivity index (χ0v) is 13.7. The summed E-state index contributed by atoms with van der Waals surface area (Å²) in [5.74, 6) is 3.70. The summed E-state index contributed by atoms with van der Waals surface area (Å²) in [5.41, 5.74) is 7.72. The smallest absolute Gasteiger partial charge is 0.118 e. The summed E-state index contributed by atoms with van der Waals surface area (Å²) < 4.78 is 11.4. The Kier molecular flexibility index (Phi) is 4.21. The van der Waals surface area contributed by atoms with E-state index in [-0.39, 0.29) is 11.1 Å². The molecule has 21 heavy (non-hydrogen) atoms. The van der Waals surface area contributed by atoms with E-state index in [1.165, 1.54) is 17.7 Å². The van der Waals surface area contributed by atoms with Gasteiger partial charge in [-0.1, -0.05) is 12.1 Å². The molecule has 2 aliphatic heterocycles. The molecule has 1 spiro atoms. The molecule has 1 aromatic carbocycles. The first-order chi connectivity index (χ1) is 10.1. The number of benzene rings is 1. The Balaban J connectivity index is 1.79. The van der Waals surface area contributed by atoms with Crippen molar-refractivity contribution in [2.75, 3.05) is 25.2 Å². The van der Waals surface area contributed by atoms with Gasteiger partial charge in [0.1, 0.15) is 5.75 Å². The van der Waals surface area contributed by atoms with E-state index < -0.39 is 0 Å². The van der Waals surface area contributed by atoms with Crippen molar-refractivity contribution < 1.29 is 9.47 Å². The van der Waals surface area contributed by atoms with Gasteiger partial charge in [0.2, 0.25) is 0 Å². The molecule has 3 rings (SSSR count). The van der Waals surface area contributed by atoms with Crippen LogP contribution in [0.2, 0.25) is 0 Å². The Bertz CT molecular complexity index is 480. The van der Waals surface area contributed by atoms with Crippen molar-refractivity contribution >= 4 is 11.8 Å². The van der Waals surface area contributed by atoms with E-state index >= 15 is 0 Å². The van der Waals surface area contributed by atoms with Gasteiger partial charge in [-0.25, -0.2) is 0 Å². The fourth-order valence-electron chi connectivity index (χ4n) is 3.59. The number of nitrogens with two attached hydrogens (primary N) is 1. The van der Waals surface area contributed by atoms with E-state index in [1.807, 2.05) is 23.9 Å². The number of thioether (sulfide) groups is 1. The Morgan fingerprint density at radius 2 is 2.14 bits per heavy atom. The molecular weight excluding hydrogens is 282 g/mol. The summed E-state index contributed by atoms with van der Waals surface area (Å²) in [6, 6.07) is 8.21. The van der Waals surface area contributed by atoms with Crippen molar-refractivity contribution in [2.24, 2.45) is 11.7 Å². The van der Waals surface area contributed by atoms with Crippen molar-refractivity contribution in [3.63, 3.8) is 0 Å². The highest BCUT2D eigenvalue weighted by Gasteiger charge is 2.45. The molecule has 3 unspecified atom stereocenters. The summed E-state index contributed by atoms with van der Waals surface area (Å²) in [6.07, 6.45) is 3.30. The first-order valence-corrected chi connectivity index (χ1v) is 8.86. The third kappa shape index (κ3) is 2.94. The second-order valence-corrected chi connectivity index (χ2v) is 7.64. The molecule has 0 amide bonds. The Morgan fingerprint density at radius 1 is 1.38 bits per heavy atom. The molecule has 2 N–H and O–H groups in total. The van der Waals surface area contributed by atoms with Crippen LogP contribution in [0.5, 0.6) is 5.75 Å². The minimum absolute atomic E-state index is 0.0840. The predicted octanol–water partition coefficient (Wildman–Crippen LogP) is 3.17. The van der Waals surface area contributed by atoms with Gasteiger partial charge in [-0.3, -0.25) is 0 Å². The van der Waals surface area contributed by atoms with Crippen LogP contribution in [0, 0.1) is 5.92 Å². The number of ether oxygens (including phenoxy) is 2. The molecule has 3 atom stereocenters. The third-order valence-electron chi connectivity index (χ3n) is 5.12. The van der Waals surface area contributed by atoms with Gasteiger partial charge in [0.15, 0.2) is 0 Å². The first kappa shape index (κ1) is 15.2. The van der Waals surface area contributed by atoms with E-state index in [0.717, 1.165) is 31.0 Å². The van der Waals surface area contributed by atoms with Crippen LogP contribution in [0.15, 0.2) is 24.3 Å². The van der Waals surface area contributed by atoms with Crippen LogP contribution in [0.4, 0.5) is 0 Å². The maximum absolute atomic E-state index is 6.75. The highest BCUT2D eigenvalue weighted by molar-refractivity contribution is 7.99. The van der Waals surface area contributed by atoms with Crippen molar-refractivity contribution in [1.29, 1.82) is 0 Å². The summed E-state index contributed by atoms with van der Waals surface area (Å²) >= 11 is 2.01. The van der Waals surface area contributed by atoms with Gasteiger partial charge in [0.05, 0.1) is 12.7 Å². The largest absolute Gasteiger partial charge is 0.497 e. The molecule has 2 aliphatic rings. The molecule has 0 aliphatic carbocycles. The lowest BCUT2D eigenvalue weighted by molar-refractivity contribution is -0.0917. The molecule has 116 valence electrons. The van der Waals surface area contributed by atoms with Crippen LogP contribution < -0.4 is 10.5 Å². The average Bonchev–Trinajstić information content (AvgIpc) is 2.95. The van der Waals surface area contributed by atoms with Crippen molar-refractivity contribution in [1.82, 2.24) is 0 Å². The van der Waals surface area contributed by atoms with Gasteiger partial charge in [0, 0.05) is 17.9 Å². The van der Waals surface area contributed by atoms with Crippen LogP contribution in [0.3, 0.4) is 0 Å². The maximum atomic E-state index is 6.75. The number of hydrogen-bond acceptors (Lipinski definition) is 4. The van der Waals surface area contributed by atoms with Gasteiger partial charge < -0.3 is 15.2 Å². The van der Waals surface area contributed by atoms with E-state index in [0.29, 0.717) is 5.92 Å². The fraction of sp³-hybridized carbons (Fsp3) is 0.647. The van der Waals surface area contributed by atoms with Gasteiger partial charge in [-0.15, -0.1) is 0 Å². The minimum atomic E-state index is -0.309. The third-order valence-corrected chi connectivity index (χ3v) is 6.34. The van der Waals surface area contributed by atoms with Gasteiger partial charge in [0.25, 0.3) is 0 Å². The first-order valence-electron chi connectivity index (χ1n) is 7.71. The molecule has 2 saturated heterocycles. The van der Waals surface area contributed by atoms with Crippen LogP contribution in [-0.2, 0) is 10.3 Å². The van der Waals surface area contributed by atoms with E-state index in [2.05, 4.69) is 19.1 Å². The number of methoxy groups -OCH3 is 1. The summed E-state index contributed by atoms with van der Waals surface area (Å²) in [6.45, 7) is 3.01. The highest BCUT2D eigenvalue weighted by atomic mass is 32.2. The number of hydrogen-bond donors (Lipinski definition) is 1.